The van der Waals surface area contributed by atoms with Gasteiger partial charge in [0.2, 0.25) is 4.96 Å². The lowest BCUT2D eigenvalue weighted by molar-refractivity contribution is 0.670. The molecule has 2 aromatic heterocycles. The molecule has 96 valence electrons. The van der Waals surface area contributed by atoms with Gasteiger partial charge in [-0.2, -0.15) is 9.61 Å². The third kappa shape index (κ3) is 1.71. The minimum absolute atomic E-state index is 0.418. The number of nitrogens with zero attached hydrogens (tertiary/aromatic N) is 4. The molecule has 1 N–H and O–H groups in total. The summed E-state index contributed by atoms with van der Waals surface area (Å²) in [5.74, 6) is 1.27. The van der Waals surface area contributed by atoms with Crippen LogP contribution in [-0.2, 0) is 6.42 Å². The van der Waals surface area contributed by atoms with Gasteiger partial charge in [0.15, 0.2) is 5.82 Å². The van der Waals surface area contributed by atoms with Crippen LogP contribution in [0.25, 0.3) is 4.96 Å². The van der Waals surface area contributed by atoms with Gasteiger partial charge in [0.05, 0.1) is 0 Å². The number of fused-ring (bicyclic) bond motifs is 2. The molecule has 0 radical (unpaired) electrons. The molecule has 0 spiro atoms. The van der Waals surface area contributed by atoms with E-state index in [9.17, 15) is 0 Å². The molecule has 0 bridgehead atoms. The van der Waals surface area contributed by atoms with Crippen LogP contribution in [0.15, 0.2) is 24.3 Å². The van der Waals surface area contributed by atoms with Crippen molar-refractivity contribution < 1.29 is 0 Å². The summed E-state index contributed by atoms with van der Waals surface area (Å²) < 4.78 is 1.83. The summed E-state index contributed by atoms with van der Waals surface area (Å²) in [6, 6.07) is 8.47. The van der Waals surface area contributed by atoms with Gasteiger partial charge < -0.3 is 5.32 Å². The molecule has 1 atom stereocenters. The molecule has 0 aliphatic carbocycles. The SMILES string of the molecule is Cc1nnc2sc(C3CNc4ccccc4C3)nn12. The van der Waals surface area contributed by atoms with Gasteiger partial charge in [-0.1, -0.05) is 29.5 Å². The van der Waals surface area contributed by atoms with Crippen LogP contribution in [0, 0.1) is 6.92 Å². The van der Waals surface area contributed by atoms with Crippen LogP contribution in [0.1, 0.15) is 22.3 Å². The van der Waals surface area contributed by atoms with Crippen LogP contribution in [0.5, 0.6) is 0 Å². The van der Waals surface area contributed by atoms with E-state index < -0.39 is 0 Å². The predicted octanol–water partition coefficient (Wildman–Crippen LogP) is 2.25. The highest BCUT2D eigenvalue weighted by molar-refractivity contribution is 7.16. The minimum atomic E-state index is 0.418. The van der Waals surface area contributed by atoms with Crippen LogP contribution in [0.2, 0.25) is 0 Å². The average Bonchev–Trinajstić information content (AvgIpc) is 3.01. The monoisotopic (exact) mass is 271 g/mol. The maximum atomic E-state index is 4.64. The molecular weight excluding hydrogens is 258 g/mol. The van der Waals surface area contributed by atoms with Crippen LogP contribution in [-0.4, -0.2) is 26.4 Å². The Bertz CT molecular complexity index is 744. The van der Waals surface area contributed by atoms with Crippen molar-refractivity contribution in [1.82, 2.24) is 19.8 Å². The molecule has 19 heavy (non-hydrogen) atoms. The van der Waals surface area contributed by atoms with E-state index >= 15 is 0 Å². The Morgan fingerprint density at radius 3 is 3.11 bits per heavy atom. The lowest BCUT2D eigenvalue weighted by Gasteiger charge is -2.24. The van der Waals surface area contributed by atoms with Crippen molar-refractivity contribution in [3.63, 3.8) is 0 Å². The largest absolute Gasteiger partial charge is 0.384 e. The topological polar surface area (TPSA) is 55.1 Å². The molecule has 0 saturated heterocycles. The quantitative estimate of drug-likeness (QED) is 0.737. The van der Waals surface area contributed by atoms with Crippen molar-refractivity contribution in [2.75, 3.05) is 11.9 Å². The molecular formula is C13H13N5S. The normalized spacial score (nSPS) is 18.3. The van der Waals surface area contributed by atoms with Crippen LogP contribution >= 0.6 is 11.3 Å². The maximum absolute atomic E-state index is 4.64. The number of hydrogen-bond donors (Lipinski definition) is 1. The summed E-state index contributed by atoms with van der Waals surface area (Å²) in [5.41, 5.74) is 2.61. The Labute approximate surface area is 114 Å². The lowest BCUT2D eigenvalue weighted by atomic mass is 9.95. The van der Waals surface area contributed by atoms with Gasteiger partial charge in [-0.05, 0) is 25.0 Å². The van der Waals surface area contributed by atoms with Crippen molar-refractivity contribution in [3.8, 4) is 0 Å². The molecule has 4 rings (SSSR count). The summed E-state index contributed by atoms with van der Waals surface area (Å²) in [6.45, 7) is 2.86. The third-order valence-electron chi connectivity index (χ3n) is 3.53. The highest BCUT2D eigenvalue weighted by atomic mass is 32.1. The summed E-state index contributed by atoms with van der Waals surface area (Å²) in [7, 11) is 0. The van der Waals surface area contributed by atoms with E-state index in [4.69, 9.17) is 0 Å². The molecule has 3 heterocycles. The van der Waals surface area contributed by atoms with Gasteiger partial charge in [-0.25, -0.2) is 0 Å². The Morgan fingerprint density at radius 1 is 1.32 bits per heavy atom. The first-order chi connectivity index (χ1) is 9.31. The number of para-hydroxylation sites is 1. The summed E-state index contributed by atoms with van der Waals surface area (Å²) in [6.07, 6.45) is 1.03. The summed E-state index contributed by atoms with van der Waals surface area (Å²) >= 11 is 1.64. The highest BCUT2D eigenvalue weighted by Crippen LogP contribution is 2.32. The van der Waals surface area contributed by atoms with Gasteiger partial charge >= 0.3 is 0 Å². The Hall–Kier alpha value is -1.95. The molecule has 6 heteroatoms. The zero-order chi connectivity index (χ0) is 12.8. The van der Waals surface area contributed by atoms with E-state index in [1.165, 1.54) is 11.3 Å². The van der Waals surface area contributed by atoms with Crippen molar-refractivity contribution in [2.45, 2.75) is 19.3 Å². The van der Waals surface area contributed by atoms with Crippen molar-refractivity contribution in [3.05, 3.63) is 40.7 Å². The van der Waals surface area contributed by atoms with E-state index in [0.717, 1.165) is 28.8 Å². The first kappa shape index (κ1) is 10.9. The molecule has 1 aromatic carbocycles. The Kier molecular flexibility index (Phi) is 2.32. The molecule has 1 aliphatic heterocycles. The number of benzene rings is 1. The number of rotatable bonds is 1. The van der Waals surface area contributed by atoms with Crippen molar-refractivity contribution in [2.24, 2.45) is 0 Å². The van der Waals surface area contributed by atoms with E-state index in [-0.39, 0.29) is 0 Å². The second kappa shape index (κ2) is 4.03. The predicted molar refractivity (Wildman–Crippen MR) is 74.8 cm³/mol. The fourth-order valence-electron chi connectivity index (χ4n) is 2.51. The van der Waals surface area contributed by atoms with Gasteiger partial charge in [-0.3, -0.25) is 0 Å². The molecule has 0 amide bonds. The Balaban J connectivity index is 1.70. The van der Waals surface area contributed by atoms with Gasteiger partial charge in [-0.15, -0.1) is 10.2 Å². The summed E-state index contributed by atoms with van der Waals surface area (Å²) in [5, 5.41) is 17.4. The fraction of sp³-hybridized carbons (Fsp3) is 0.308. The molecule has 0 fully saturated rings. The van der Waals surface area contributed by atoms with Crippen LogP contribution in [0.3, 0.4) is 0 Å². The number of aryl methyl sites for hydroxylation is 1. The smallest absolute Gasteiger partial charge is 0.234 e. The van der Waals surface area contributed by atoms with E-state index in [0.29, 0.717) is 5.92 Å². The average molecular weight is 271 g/mol. The second-order valence-electron chi connectivity index (χ2n) is 4.82. The standard InChI is InChI=1S/C13H13N5S/c1-8-15-16-13-18(8)17-12(19-13)10-6-9-4-2-3-5-11(9)14-7-10/h2-5,10,14H,6-7H2,1H3. The first-order valence-electron chi connectivity index (χ1n) is 6.32. The van der Waals surface area contributed by atoms with Gasteiger partial charge in [0.1, 0.15) is 5.01 Å². The van der Waals surface area contributed by atoms with Crippen LogP contribution < -0.4 is 5.32 Å². The number of anilines is 1. The molecule has 1 aliphatic rings. The number of aromatic nitrogens is 4. The minimum Gasteiger partial charge on any atom is -0.384 e. The van der Waals surface area contributed by atoms with Gasteiger partial charge in [0.25, 0.3) is 0 Å². The van der Waals surface area contributed by atoms with Crippen molar-refractivity contribution in [1.29, 1.82) is 0 Å². The number of nitrogens with one attached hydrogen (secondary N) is 1. The first-order valence-corrected chi connectivity index (χ1v) is 7.13. The Morgan fingerprint density at radius 2 is 2.21 bits per heavy atom. The second-order valence-corrected chi connectivity index (χ2v) is 5.81. The third-order valence-corrected chi connectivity index (χ3v) is 4.60. The number of hydrogen-bond acceptors (Lipinski definition) is 5. The molecule has 0 saturated carbocycles. The van der Waals surface area contributed by atoms with E-state index in [1.807, 2.05) is 11.4 Å². The zero-order valence-corrected chi connectivity index (χ0v) is 11.3. The summed E-state index contributed by atoms with van der Waals surface area (Å²) in [4.78, 5) is 0.881. The van der Waals surface area contributed by atoms with E-state index in [1.54, 1.807) is 11.3 Å². The molecule has 3 aromatic rings. The van der Waals surface area contributed by atoms with Gasteiger partial charge in [0, 0.05) is 18.2 Å². The van der Waals surface area contributed by atoms with Crippen LogP contribution in [0.4, 0.5) is 5.69 Å². The fourth-order valence-corrected chi connectivity index (χ4v) is 3.49. The maximum Gasteiger partial charge on any atom is 0.234 e. The zero-order valence-electron chi connectivity index (χ0n) is 10.5. The van der Waals surface area contributed by atoms with Crippen molar-refractivity contribution >= 4 is 22.0 Å². The molecule has 5 nitrogen and oxygen atoms in total. The van der Waals surface area contributed by atoms with E-state index in [2.05, 4.69) is 44.9 Å². The highest BCUT2D eigenvalue weighted by Gasteiger charge is 2.23. The lowest BCUT2D eigenvalue weighted by Crippen LogP contribution is -2.21. The molecule has 1 unspecified atom stereocenters.